The van der Waals surface area contributed by atoms with Gasteiger partial charge < -0.3 is 4.74 Å². The van der Waals surface area contributed by atoms with Gasteiger partial charge in [-0.3, -0.25) is 4.79 Å². The van der Waals surface area contributed by atoms with E-state index in [1.807, 2.05) is 0 Å². The first-order valence-corrected chi connectivity index (χ1v) is 4.89. The van der Waals surface area contributed by atoms with Gasteiger partial charge in [-0.2, -0.15) is 0 Å². The molecule has 0 heterocycles. The summed E-state index contributed by atoms with van der Waals surface area (Å²) in [5.41, 5.74) is 0.175. The lowest BCUT2D eigenvalue weighted by atomic mass is 10.1. The van der Waals surface area contributed by atoms with Gasteiger partial charge in [0.25, 0.3) is 0 Å². The van der Waals surface area contributed by atoms with Crippen LogP contribution in [0.4, 0.5) is 4.39 Å². The van der Waals surface area contributed by atoms with Crippen LogP contribution >= 0.6 is 15.9 Å². The van der Waals surface area contributed by atoms with Crippen molar-refractivity contribution in [2.24, 2.45) is 0 Å². The van der Waals surface area contributed by atoms with Crippen LogP contribution in [0.25, 0.3) is 0 Å². The number of hydrogen-bond acceptors (Lipinski definition) is 3. The van der Waals surface area contributed by atoms with Gasteiger partial charge in [-0.15, -0.1) is 0 Å². The monoisotopic (exact) mass is 274 g/mol. The molecule has 1 aromatic carbocycles. The van der Waals surface area contributed by atoms with Gasteiger partial charge in [-0.05, 0) is 17.7 Å². The Morgan fingerprint density at radius 3 is 2.67 bits per heavy atom. The zero-order valence-electron chi connectivity index (χ0n) is 7.92. The zero-order chi connectivity index (χ0) is 11.4. The molecule has 1 rings (SSSR count). The maximum Gasteiger partial charge on any atom is 0.374 e. The molecule has 0 N–H and O–H groups in total. The first-order chi connectivity index (χ1) is 7.04. The molecular weight excluding hydrogens is 267 g/mol. The van der Waals surface area contributed by atoms with Gasteiger partial charge in [0, 0.05) is 10.9 Å². The van der Waals surface area contributed by atoms with E-state index in [9.17, 15) is 14.0 Å². The number of halogens is 2. The lowest BCUT2D eigenvalue weighted by Gasteiger charge is -2.01. The Hall–Kier alpha value is -1.23. The van der Waals surface area contributed by atoms with Crippen LogP contribution in [0.15, 0.2) is 22.7 Å². The number of esters is 1. The normalized spacial score (nSPS) is 9.80. The molecule has 5 heteroatoms. The summed E-state index contributed by atoms with van der Waals surface area (Å²) in [6, 6.07) is 4.28. The Labute approximate surface area is 94.4 Å². The first kappa shape index (κ1) is 11.8. The summed E-state index contributed by atoms with van der Waals surface area (Å²) >= 11 is 3.09. The number of methoxy groups -OCH3 is 1. The van der Waals surface area contributed by atoms with E-state index in [1.165, 1.54) is 12.1 Å². The van der Waals surface area contributed by atoms with Gasteiger partial charge >= 0.3 is 5.97 Å². The van der Waals surface area contributed by atoms with Crippen molar-refractivity contribution in [2.75, 3.05) is 7.11 Å². The summed E-state index contributed by atoms with van der Waals surface area (Å²) in [6.07, 6.45) is -0.286. The van der Waals surface area contributed by atoms with Crippen molar-refractivity contribution in [1.82, 2.24) is 0 Å². The van der Waals surface area contributed by atoms with Crippen LogP contribution in [0.1, 0.15) is 5.56 Å². The molecule has 0 bridgehead atoms. The smallest absolute Gasteiger partial charge is 0.374 e. The molecule has 0 amide bonds. The van der Waals surface area contributed by atoms with Crippen molar-refractivity contribution < 1.29 is 18.7 Å². The molecule has 0 atom stereocenters. The van der Waals surface area contributed by atoms with E-state index >= 15 is 0 Å². The Balaban J connectivity index is 2.81. The number of Topliss-reactive ketones (excluding diaryl/α,β-unsaturated/α-hetero) is 1. The third kappa shape index (κ3) is 3.13. The highest BCUT2D eigenvalue weighted by Crippen LogP contribution is 2.15. The summed E-state index contributed by atoms with van der Waals surface area (Å²) < 4.78 is 18.0. The van der Waals surface area contributed by atoms with Crippen molar-refractivity contribution in [1.29, 1.82) is 0 Å². The molecule has 0 aliphatic carbocycles. The number of rotatable bonds is 3. The number of ketones is 1. The Morgan fingerprint density at radius 2 is 2.13 bits per heavy atom. The molecule has 0 aliphatic heterocycles. The molecule has 0 aliphatic rings. The zero-order valence-corrected chi connectivity index (χ0v) is 9.51. The van der Waals surface area contributed by atoms with E-state index in [-0.39, 0.29) is 12.0 Å². The van der Waals surface area contributed by atoms with Crippen molar-refractivity contribution in [3.8, 4) is 0 Å². The van der Waals surface area contributed by atoms with Crippen LogP contribution < -0.4 is 0 Å². The molecule has 0 spiro atoms. The molecule has 15 heavy (non-hydrogen) atoms. The maximum absolute atomic E-state index is 13.2. The highest BCUT2D eigenvalue weighted by molar-refractivity contribution is 9.10. The number of ether oxygens (including phenoxy) is 1. The summed E-state index contributed by atoms with van der Waals surface area (Å²) in [5.74, 6) is -2.25. The van der Waals surface area contributed by atoms with E-state index in [2.05, 4.69) is 20.7 Å². The van der Waals surface area contributed by atoms with Gasteiger partial charge in [-0.25, -0.2) is 9.18 Å². The Kier molecular flexibility index (Phi) is 3.96. The number of benzene rings is 1. The fourth-order valence-electron chi connectivity index (χ4n) is 1.02. The quantitative estimate of drug-likeness (QED) is 0.624. The molecule has 0 saturated heterocycles. The lowest BCUT2D eigenvalue weighted by molar-refractivity contribution is -0.151. The Morgan fingerprint density at radius 1 is 1.47 bits per heavy atom. The third-order valence-electron chi connectivity index (χ3n) is 1.78. The third-order valence-corrected chi connectivity index (χ3v) is 2.27. The van der Waals surface area contributed by atoms with Crippen molar-refractivity contribution in [3.63, 3.8) is 0 Å². The summed E-state index contributed by atoms with van der Waals surface area (Å²) in [6.45, 7) is 0. The average Bonchev–Trinajstić information content (AvgIpc) is 2.20. The van der Waals surface area contributed by atoms with Crippen LogP contribution in [-0.4, -0.2) is 18.9 Å². The van der Waals surface area contributed by atoms with Crippen molar-refractivity contribution >= 4 is 27.7 Å². The van der Waals surface area contributed by atoms with Crippen molar-refractivity contribution in [3.05, 3.63) is 34.1 Å². The number of carbonyl (C=O) groups excluding carboxylic acids is 2. The van der Waals surface area contributed by atoms with E-state index in [0.717, 1.165) is 7.11 Å². The predicted octanol–water partition coefficient (Wildman–Crippen LogP) is 1.87. The fourth-order valence-corrected chi connectivity index (χ4v) is 1.36. The van der Waals surface area contributed by atoms with Crippen LogP contribution in [0, 0.1) is 5.82 Å². The molecule has 0 saturated carbocycles. The van der Waals surface area contributed by atoms with E-state index in [0.29, 0.717) is 4.47 Å². The number of hydrogen-bond donors (Lipinski definition) is 0. The molecule has 0 unspecified atom stereocenters. The standard InChI is InChI=1S/C10H8BrFO3/c1-15-10(14)9(13)4-6-2-3-7(11)5-8(6)12/h2-3,5H,4H2,1H3. The minimum Gasteiger partial charge on any atom is -0.463 e. The minimum atomic E-state index is -0.961. The summed E-state index contributed by atoms with van der Waals surface area (Å²) in [5, 5.41) is 0. The Bertz CT molecular complexity index is 404. The van der Waals surface area contributed by atoms with E-state index in [1.54, 1.807) is 6.07 Å². The molecule has 3 nitrogen and oxygen atoms in total. The van der Waals surface area contributed by atoms with Gasteiger partial charge in [-0.1, -0.05) is 22.0 Å². The van der Waals surface area contributed by atoms with Crippen LogP contribution in [0.5, 0.6) is 0 Å². The predicted molar refractivity (Wildman–Crippen MR) is 54.8 cm³/mol. The second kappa shape index (κ2) is 5.02. The molecule has 0 fully saturated rings. The van der Waals surface area contributed by atoms with Crippen LogP contribution in [0.3, 0.4) is 0 Å². The molecule has 0 aromatic heterocycles. The fraction of sp³-hybridized carbons (Fsp3) is 0.200. The highest BCUT2D eigenvalue weighted by Gasteiger charge is 2.16. The van der Waals surface area contributed by atoms with Gasteiger partial charge in [0.05, 0.1) is 7.11 Å². The number of carbonyl (C=O) groups is 2. The molecule has 80 valence electrons. The lowest BCUT2D eigenvalue weighted by Crippen LogP contribution is -2.18. The SMILES string of the molecule is COC(=O)C(=O)Cc1ccc(Br)cc1F. The van der Waals surface area contributed by atoms with Gasteiger partial charge in [0.15, 0.2) is 0 Å². The second-order valence-electron chi connectivity index (χ2n) is 2.83. The van der Waals surface area contributed by atoms with Gasteiger partial charge in [0.2, 0.25) is 5.78 Å². The first-order valence-electron chi connectivity index (χ1n) is 4.09. The van der Waals surface area contributed by atoms with Crippen LogP contribution in [0.2, 0.25) is 0 Å². The molecular formula is C10H8BrFO3. The second-order valence-corrected chi connectivity index (χ2v) is 3.74. The van der Waals surface area contributed by atoms with E-state index in [4.69, 9.17) is 0 Å². The van der Waals surface area contributed by atoms with Gasteiger partial charge in [0.1, 0.15) is 5.82 Å². The topological polar surface area (TPSA) is 43.4 Å². The highest BCUT2D eigenvalue weighted by atomic mass is 79.9. The van der Waals surface area contributed by atoms with E-state index < -0.39 is 17.6 Å². The summed E-state index contributed by atoms with van der Waals surface area (Å²) in [4.78, 5) is 21.9. The van der Waals surface area contributed by atoms with Crippen molar-refractivity contribution in [2.45, 2.75) is 6.42 Å². The summed E-state index contributed by atoms with van der Waals surface area (Å²) in [7, 11) is 1.11. The molecule has 0 radical (unpaired) electrons. The average molecular weight is 275 g/mol. The largest absolute Gasteiger partial charge is 0.463 e. The molecule has 1 aromatic rings. The minimum absolute atomic E-state index is 0.175. The maximum atomic E-state index is 13.2. The van der Waals surface area contributed by atoms with Crippen LogP contribution in [-0.2, 0) is 20.7 Å².